The number of anilines is 1. The van der Waals surface area contributed by atoms with Gasteiger partial charge in [0.2, 0.25) is 11.8 Å². The second-order valence-corrected chi connectivity index (χ2v) is 8.39. The van der Waals surface area contributed by atoms with Crippen LogP contribution in [0.3, 0.4) is 0 Å². The molecule has 2 amide bonds. The van der Waals surface area contributed by atoms with Gasteiger partial charge in [-0.05, 0) is 48.9 Å². The van der Waals surface area contributed by atoms with Crippen molar-refractivity contribution in [3.63, 3.8) is 0 Å². The molecule has 0 saturated carbocycles. The third-order valence-electron chi connectivity index (χ3n) is 5.19. The molecule has 1 unspecified atom stereocenters. The Hall–Kier alpha value is -3.97. The molecule has 1 aliphatic heterocycles. The largest absolute Gasteiger partial charge is 0.493 e. The van der Waals surface area contributed by atoms with Crippen molar-refractivity contribution in [2.75, 3.05) is 31.9 Å². The number of benzene rings is 2. The zero-order chi connectivity index (χ0) is 25.4. The smallest absolute Gasteiger partial charge is 0.338 e. The predicted octanol–water partition coefficient (Wildman–Crippen LogP) is 3.59. The molecule has 0 aliphatic carbocycles. The van der Waals surface area contributed by atoms with Crippen molar-refractivity contribution in [1.29, 1.82) is 5.26 Å². The van der Waals surface area contributed by atoms with Crippen molar-refractivity contribution >= 4 is 35.2 Å². The number of esters is 1. The van der Waals surface area contributed by atoms with Gasteiger partial charge in [0, 0.05) is 18.0 Å². The summed E-state index contributed by atoms with van der Waals surface area (Å²) < 4.78 is 15.6. The lowest BCUT2D eigenvalue weighted by Crippen LogP contribution is -2.31. The van der Waals surface area contributed by atoms with Crippen LogP contribution in [0.25, 0.3) is 0 Å². The van der Waals surface area contributed by atoms with E-state index in [1.807, 2.05) is 0 Å². The van der Waals surface area contributed by atoms with Crippen LogP contribution in [0.5, 0.6) is 11.5 Å². The summed E-state index contributed by atoms with van der Waals surface area (Å²) in [6.45, 7) is 2.00. The molecule has 1 heterocycles. The van der Waals surface area contributed by atoms with E-state index in [0.717, 1.165) is 17.3 Å². The molecule has 2 N–H and O–H groups in total. The van der Waals surface area contributed by atoms with Gasteiger partial charge in [0.05, 0.1) is 48.8 Å². The molecule has 0 bridgehead atoms. The van der Waals surface area contributed by atoms with Crippen LogP contribution in [0.15, 0.2) is 53.1 Å². The Labute approximate surface area is 207 Å². The van der Waals surface area contributed by atoms with Gasteiger partial charge >= 0.3 is 5.97 Å². The van der Waals surface area contributed by atoms with E-state index in [9.17, 15) is 19.6 Å². The molecule has 0 aromatic heterocycles. The maximum atomic E-state index is 12.5. The third-order valence-corrected chi connectivity index (χ3v) is 6.21. The minimum Gasteiger partial charge on any atom is -0.493 e. The Kier molecular flexibility index (Phi) is 8.75. The fourth-order valence-electron chi connectivity index (χ4n) is 3.53. The van der Waals surface area contributed by atoms with Gasteiger partial charge in [0.15, 0.2) is 11.5 Å². The highest BCUT2D eigenvalue weighted by molar-refractivity contribution is 8.03. The van der Waals surface area contributed by atoms with Crippen molar-refractivity contribution in [2.45, 2.75) is 19.3 Å². The zero-order valence-electron chi connectivity index (χ0n) is 19.5. The lowest BCUT2D eigenvalue weighted by molar-refractivity contribution is -0.121. The van der Waals surface area contributed by atoms with Gasteiger partial charge < -0.3 is 24.8 Å². The van der Waals surface area contributed by atoms with Gasteiger partial charge in [0.1, 0.15) is 0 Å². The van der Waals surface area contributed by atoms with Crippen LogP contribution in [0, 0.1) is 11.3 Å². The summed E-state index contributed by atoms with van der Waals surface area (Å²) in [5.74, 6) is -0.480. The molecule has 35 heavy (non-hydrogen) atoms. The average molecular weight is 496 g/mol. The van der Waals surface area contributed by atoms with E-state index >= 15 is 0 Å². The van der Waals surface area contributed by atoms with E-state index in [1.165, 1.54) is 14.2 Å². The number of allylic oxidation sites excluding steroid dienone is 1. The molecule has 2 aromatic rings. The first-order valence-corrected chi connectivity index (χ1v) is 11.7. The molecular formula is C25H25N3O6S. The lowest BCUT2D eigenvalue weighted by atomic mass is 9.87. The van der Waals surface area contributed by atoms with Crippen molar-refractivity contribution in [1.82, 2.24) is 5.32 Å². The van der Waals surface area contributed by atoms with E-state index in [-0.39, 0.29) is 30.6 Å². The number of amides is 2. The van der Waals surface area contributed by atoms with Crippen molar-refractivity contribution in [3.05, 3.63) is 64.2 Å². The Morgan fingerprint density at radius 1 is 1.14 bits per heavy atom. The number of nitrogens with zero attached hydrogens (tertiary/aromatic N) is 1. The Balaban J connectivity index is 1.72. The molecule has 1 atom stereocenters. The van der Waals surface area contributed by atoms with E-state index in [1.54, 1.807) is 49.4 Å². The highest BCUT2D eigenvalue weighted by Crippen LogP contribution is 2.39. The zero-order valence-corrected chi connectivity index (χ0v) is 20.4. The van der Waals surface area contributed by atoms with E-state index in [0.29, 0.717) is 33.4 Å². The quantitative estimate of drug-likeness (QED) is 0.506. The number of thioether (sulfide) groups is 1. The second kappa shape index (κ2) is 11.9. The number of nitriles is 1. The number of carbonyl (C=O) groups is 3. The standard InChI is InChI=1S/C25H25N3O6S/c1-4-34-25(31)15-5-8-17(9-6-15)27-23(30)14-35-24-19(13-26)18(12-22(29)28-24)16-7-10-20(32-2)21(11-16)33-3/h5-11,18H,4,12,14H2,1-3H3,(H,27,30)(H,28,29). The van der Waals surface area contributed by atoms with Crippen LogP contribution in [-0.4, -0.2) is 44.4 Å². The monoisotopic (exact) mass is 495 g/mol. The maximum Gasteiger partial charge on any atom is 0.338 e. The van der Waals surface area contributed by atoms with E-state index in [4.69, 9.17) is 14.2 Å². The summed E-state index contributed by atoms with van der Waals surface area (Å²) in [6, 6.07) is 13.8. The number of ether oxygens (including phenoxy) is 3. The SMILES string of the molecule is CCOC(=O)c1ccc(NC(=O)CSC2=C(C#N)C(c3ccc(OC)c(OC)c3)CC(=O)N2)cc1. The predicted molar refractivity (Wildman–Crippen MR) is 131 cm³/mol. The van der Waals surface area contributed by atoms with E-state index < -0.39 is 11.9 Å². The molecule has 0 spiro atoms. The van der Waals surface area contributed by atoms with Crippen LogP contribution in [0.4, 0.5) is 5.69 Å². The Bertz CT molecular complexity index is 1190. The summed E-state index contributed by atoms with van der Waals surface area (Å²) in [4.78, 5) is 36.6. The minimum atomic E-state index is -0.477. The molecular weight excluding hydrogens is 470 g/mol. The fourth-order valence-corrected chi connectivity index (χ4v) is 4.40. The van der Waals surface area contributed by atoms with Crippen LogP contribution in [-0.2, 0) is 14.3 Å². The van der Waals surface area contributed by atoms with Crippen molar-refractivity contribution in [2.24, 2.45) is 0 Å². The number of nitrogens with one attached hydrogen (secondary N) is 2. The maximum absolute atomic E-state index is 12.5. The van der Waals surface area contributed by atoms with Crippen LogP contribution in [0.1, 0.15) is 35.2 Å². The molecule has 182 valence electrons. The number of hydrogen-bond donors (Lipinski definition) is 2. The molecule has 3 rings (SSSR count). The van der Waals surface area contributed by atoms with Gasteiger partial charge in [-0.3, -0.25) is 9.59 Å². The second-order valence-electron chi connectivity index (χ2n) is 7.41. The molecule has 9 nitrogen and oxygen atoms in total. The molecule has 0 fully saturated rings. The number of rotatable bonds is 9. The van der Waals surface area contributed by atoms with Gasteiger partial charge in [0.25, 0.3) is 0 Å². The molecule has 10 heteroatoms. The average Bonchev–Trinajstić information content (AvgIpc) is 2.87. The normalized spacial score (nSPS) is 15.0. The summed E-state index contributed by atoms with van der Waals surface area (Å²) in [6.07, 6.45) is 0.0987. The number of carbonyl (C=O) groups excluding carboxylic acids is 3. The van der Waals surface area contributed by atoms with Crippen LogP contribution in [0.2, 0.25) is 0 Å². The van der Waals surface area contributed by atoms with Gasteiger partial charge in [-0.2, -0.15) is 5.26 Å². The minimum absolute atomic E-state index is 0.0287. The molecule has 1 aliphatic rings. The summed E-state index contributed by atoms with van der Waals surface area (Å²) in [7, 11) is 3.04. The van der Waals surface area contributed by atoms with Crippen LogP contribution >= 0.6 is 11.8 Å². The summed E-state index contributed by atoms with van der Waals surface area (Å²) in [5, 5.41) is 15.6. The summed E-state index contributed by atoms with van der Waals surface area (Å²) in [5.41, 5.74) is 2.00. The lowest BCUT2D eigenvalue weighted by Gasteiger charge is -2.25. The highest BCUT2D eigenvalue weighted by atomic mass is 32.2. The van der Waals surface area contributed by atoms with Gasteiger partial charge in [-0.1, -0.05) is 17.8 Å². The molecule has 0 saturated heterocycles. The molecule has 2 aromatic carbocycles. The molecule has 0 radical (unpaired) electrons. The van der Waals surface area contributed by atoms with Crippen molar-refractivity contribution in [3.8, 4) is 17.6 Å². The van der Waals surface area contributed by atoms with Crippen LogP contribution < -0.4 is 20.1 Å². The highest BCUT2D eigenvalue weighted by Gasteiger charge is 2.30. The first kappa shape index (κ1) is 25.6. The topological polar surface area (TPSA) is 127 Å². The first-order chi connectivity index (χ1) is 16.9. The number of hydrogen-bond acceptors (Lipinski definition) is 8. The van der Waals surface area contributed by atoms with E-state index in [2.05, 4.69) is 16.7 Å². The number of methoxy groups -OCH3 is 2. The van der Waals surface area contributed by atoms with Gasteiger partial charge in [-0.15, -0.1) is 0 Å². The third kappa shape index (κ3) is 6.33. The Morgan fingerprint density at radius 2 is 1.86 bits per heavy atom. The van der Waals surface area contributed by atoms with Gasteiger partial charge in [-0.25, -0.2) is 4.79 Å². The fraction of sp³-hybridized carbons (Fsp3) is 0.280. The first-order valence-electron chi connectivity index (χ1n) is 10.8. The Morgan fingerprint density at radius 3 is 2.49 bits per heavy atom. The summed E-state index contributed by atoms with van der Waals surface area (Å²) >= 11 is 1.07. The van der Waals surface area contributed by atoms with Crippen molar-refractivity contribution < 1.29 is 28.6 Å².